The predicted octanol–water partition coefficient (Wildman–Crippen LogP) is 4.85. The third-order valence-corrected chi connectivity index (χ3v) is 4.42. The molecule has 3 aromatic rings. The van der Waals surface area contributed by atoms with Crippen LogP contribution >= 0.6 is 27.7 Å². The molecule has 0 spiro atoms. The highest BCUT2D eigenvalue weighted by atomic mass is 79.9. The van der Waals surface area contributed by atoms with Crippen molar-refractivity contribution >= 4 is 44.4 Å². The molecule has 2 aromatic carbocycles. The number of fused-ring (bicyclic) bond motifs is 1. The summed E-state index contributed by atoms with van der Waals surface area (Å²) in [5.74, 6) is -1.02. The van der Waals surface area contributed by atoms with Gasteiger partial charge in [0.25, 0.3) is 0 Å². The highest BCUT2D eigenvalue weighted by molar-refractivity contribution is 9.10. The Morgan fingerprint density at radius 2 is 1.90 bits per heavy atom. The second-order valence-corrected chi connectivity index (χ2v) is 6.38. The van der Waals surface area contributed by atoms with Gasteiger partial charge in [0.2, 0.25) is 0 Å². The number of nitrogens with zero attached hydrogens (tertiary/aromatic N) is 1. The Kier molecular flexibility index (Phi) is 3.94. The molecule has 1 N–H and O–H groups in total. The van der Waals surface area contributed by atoms with Gasteiger partial charge < -0.3 is 5.11 Å². The van der Waals surface area contributed by atoms with Gasteiger partial charge in [-0.05, 0) is 29.7 Å². The van der Waals surface area contributed by atoms with Crippen LogP contribution in [0.15, 0.2) is 69.0 Å². The summed E-state index contributed by atoms with van der Waals surface area (Å²) in [6, 6.07) is 17.1. The van der Waals surface area contributed by atoms with Crippen molar-refractivity contribution in [2.24, 2.45) is 0 Å². The predicted molar refractivity (Wildman–Crippen MR) is 87.0 cm³/mol. The van der Waals surface area contributed by atoms with Gasteiger partial charge in [0.15, 0.2) is 0 Å². The molecule has 0 saturated heterocycles. The Morgan fingerprint density at radius 3 is 2.67 bits per heavy atom. The lowest BCUT2D eigenvalue weighted by Gasteiger charge is -2.07. The van der Waals surface area contributed by atoms with Gasteiger partial charge in [-0.1, -0.05) is 58.0 Å². The molecule has 5 heteroatoms. The van der Waals surface area contributed by atoms with E-state index in [4.69, 9.17) is 0 Å². The number of halogens is 1. The SMILES string of the molecule is O=C(O)c1cc2ccccc2c(Sc2cccc(Br)c2)n1. The summed E-state index contributed by atoms with van der Waals surface area (Å²) in [7, 11) is 0. The van der Waals surface area contributed by atoms with Gasteiger partial charge in [0.1, 0.15) is 10.7 Å². The van der Waals surface area contributed by atoms with E-state index >= 15 is 0 Å². The molecule has 0 aliphatic heterocycles. The van der Waals surface area contributed by atoms with Gasteiger partial charge in [0.05, 0.1) is 0 Å². The fourth-order valence-corrected chi connectivity index (χ4v) is 3.54. The van der Waals surface area contributed by atoms with E-state index in [1.165, 1.54) is 11.8 Å². The number of benzene rings is 2. The largest absolute Gasteiger partial charge is 0.477 e. The van der Waals surface area contributed by atoms with Crippen molar-refractivity contribution in [3.63, 3.8) is 0 Å². The van der Waals surface area contributed by atoms with E-state index in [2.05, 4.69) is 20.9 Å². The Labute approximate surface area is 134 Å². The summed E-state index contributed by atoms with van der Waals surface area (Å²) in [4.78, 5) is 16.5. The van der Waals surface area contributed by atoms with Crippen LogP contribution in [0.1, 0.15) is 10.5 Å². The molecule has 0 saturated carbocycles. The van der Waals surface area contributed by atoms with E-state index in [1.54, 1.807) is 6.07 Å². The van der Waals surface area contributed by atoms with Crippen molar-refractivity contribution in [1.82, 2.24) is 4.98 Å². The van der Waals surface area contributed by atoms with E-state index in [-0.39, 0.29) is 5.69 Å². The maximum absolute atomic E-state index is 11.2. The fourth-order valence-electron chi connectivity index (χ4n) is 2.00. The van der Waals surface area contributed by atoms with E-state index in [0.717, 1.165) is 20.1 Å². The molecule has 3 rings (SSSR count). The zero-order valence-corrected chi connectivity index (χ0v) is 13.2. The number of aromatic carboxylic acids is 1. The van der Waals surface area contributed by atoms with Gasteiger partial charge in [-0.3, -0.25) is 0 Å². The van der Waals surface area contributed by atoms with Gasteiger partial charge in [-0.15, -0.1) is 0 Å². The van der Waals surface area contributed by atoms with Crippen LogP contribution in [0, 0.1) is 0 Å². The standard InChI is InChI=1S/C16H10BrNO2S/c17-11-5-3-6-12(9-11)21-15-13-7-2-1-4-10(13)8-14(18-15)16(19)20/h1-9H,(H,19,20). The fraction of sp³-hybridized carbons (Fsp3) is 0. The third-order valence-electron chi connectivity index (χ3n) is 2.94. The van der Waals surface area contributed by atoms with Gasteiger partial charge >= 0.3 is 5.97 Å². The molecule has 1 aromatic heterocycles. The molecular formula is C16H10BrNO2S. The number of hydrogen-bond donors (Lipinski definition) is 1. The molecule has 0 atom stereocenters. The maximum Gasteiger partial charge on any atom is 0.354 e. The van der Waals surface area contributed by atoms with Gasteiger partial charge in [-0.25, -0.2) is 9.78 Å². The molecule has 0 bridgehead atoms. The lowest BCUT2D eigenvalue weighted by atomic mass is 10.1. The van der Waals surface area contributed by atoms with Gasteiger partial charge in [-0.2, -0.15) is 0 Å². The second kappa shape index (κ2) is 5.87. The molecule has 104 valence electrons. The Morgan fingerprint density at radius 1 is 1.10 bits per heavy atom. The van der Waals surface area contributed by atoms with Crippen molar-refractivity contribution in [2.45, 2.75) is 9.92 Å². The monoisotopic (exact) mass is 359 g/mol. The van der Waals surface area contributed by atoms with Crippen molar-refractivity contribution in [2.75, 3.05) is 0 Å². The third kappa shape index (κ3) is 3.09. The average molecular weight is 360 g/mol. The first kappa shape index (κ1) is 14.1. The number of pyridine rings is 1. The number of hydrogen-bond acceptors (Lipinski definition) is 3. The van der Waals surface area contributed by atoms with Gasteiger partial charge in [0, 0.05) is 14.8 Å². The normalized spacial score (nSPS) is 10.7. The van der Waals surface area contributed by atoms with Crippen molar-refractivity contribution < 1.29 is 9.90 Å². The van der Waals surface area contributed by atoms with Crippen LogP contribution in [0.2, 0.25) is 0 Å². The number of aromatic nitrogens is 1. The Balaban J connectivity index is 2.13. The van der Waals surface area contributed by atoms with E-state index in [0.29, 0.717) is 5.03 Å². The lowest BCUT2D eigenvalue weighted by Crippen LogP contribution is -2.01. The lowest BCUT2D eigenvalue weighted by molar-refractivity contribution is 0.0690. The molecule has 0 aliphatic carbocycles. The molecule has 0 unspecified atom stereocenters. The van der Waals surface area contributed by atoms with E-state index in [9.17, 15) is 9.90 Å². The smallest absolute Gasteiger partial charge is 0.354 e. The summed E-state index contributed by atoms with van der Waals surface area (Å²) in [5.41, 5.74) is 0.0613. The number of carboxylic acid groups (broad SMARTS) is 1. The summed E-state index contributed by atoms with van der Waals surface area (Å²) < 4.78 is 0.978. The molecule has 0 fully saturated rings. The first-order valence-corrected chi connectivity index (χ1v) is 7.81. The van der Waals surface area contributed by atoms with Crippen LogP contribution in [-0.4, -0.2) is 16.1 Å². The van der Waals surface area contributed by atoms with Crippen LogP contribution in [0.3, 0.4) is 0 Å². The molecule has 21 heavy (non-hydrogen) atoms. The number of carboxylic acids is 1. The Bertz CT molecular complexity index is 835. The zero-order valence-electron chi connectivity index (χ0n) is 10.8. The van der Waals surface area contributed by atoms with E-state index < -0.39 is 5.97 Å². The summed E-state index contributed by atoms with van der Waals surface area (Å²) in [6.45, 7) is 0. The zero-order chi connectivity index (χ0) is 14.8. The maximum atomic E-state index is 11.2. The number of carbonyl (C=O) groups is 1. The van der Waals surface area contributed by atoms with Crippen molar-refractivity contribution in [3.8, 4) is 0 Å². The molecule has 0 radical (unpaired) electrons. The van der Waals surface area contributed by atoms with Crippen LogP contribution in [-0.2, 0) is 0 Å². The average Bonchev–Trinajstić information content (AvgIpc) is 2.47. The first-order chi connectivity index (χ1) is 10.1. The quantitative estimate of drug-likeness (QED) is 0.726. The summed E-state index contributed by atoms with van der Waals surface area (Å²) >= 11 is 4.89. The van der Waals surface area contributed by atoms with Crippen LogP contribution < -0.4 is 0 Å². The molecule has 3 nitrogen and oxygen atoms in total. The van der Waals surface area contributed by atoms with E-state index in [1.807, 2.05) is 48.5 Å². The van der Waals surface area contributed by atoms with Crippen molar-refractivity contribution in [3.05, 3.63) is 64.8 Å². The topological polar surface area (TPSA) is 50.2 Å². The minimum Gasteiger partial charge on any atom is -0.477 e. The molecule has 0 aliphatic rings. The summed E-state index contributed by atoms with van der Waals surface area (Å²) in [5, 5.41) is 11.7. The summed E-state index contributed by atoms with van der Waals surface area (Å²) in [6.07, 6.45) is 0. The number of rotatable bonds is 3. The molecular weight excluding hydrogens is 350 g/mol. The first-order valence-electron chi connectivity index (χ1n) is 6.20. The second-order valence-electron chi connectivity index (χ2n) is 4.40. The molecule has 1 heterocycles. The highest BCUT2D eigenvalue weighted by Crippen LogP contribution is 2.33. The highest BCUT2D eigenvalue weighted by Gasteiger charge is 2.12. The van der Waals surface area contributed by atoms with Crippen LogP contribution in [0.25, 0.3) is 10.8 Å². The van der Waals surface area contributed by atoms with Crippen LogP contribution in [0.4, 0.5) is 0 Å². The molecule has 0 amide bonds. The minimum absolute atomic E-state index is 0.0613. The van der Waals surface area contributed by atoms with Crippen molar-refractivity contribution in [1.29, 1.82) is 0 Å². The van der Waals surface area contributed by atoms with Crippen LogP contribution in [0.5, 0.6) is 0 Å². The Hall–Kier alpha value is -1.85. The minimum atomic E-state index is -1.02.